The number of hydrogen-bond acceptors (Lipinski definition) is 3. The Morgan fingerprint density at radius 1 is 1.12 bits per heavy atom. The van der Waals surface area contributed by atoms with Crippen LogP contribution in [0.15, 0.2) is 42.5 Å². The van der Waals surface area contributed by atoms with Crippen molar-refractivity contribution in [2.45, 2.75) is 38.6 Å². The molecule has 0 bridgehead atoms. The molecule has 4 nitrogen and oxygen atoms in total. The molecule has 25 heavy (non-hydrogen) atoms. The Hall–Kier alpha value is -2.80. The number of aryl methyl sites for hydroxylation is 2. The van der Waals surface area contributed by atoms with Gasteiger partial charge in [-0.1, -0.05) is 18.2 Å². The minimum absolute atomic E-state index is 0.0116. The SMILES string of the molecule is CC(NC(=O)CNc1ccc(C#N)cc1)c1ccc2c(c1)CCCC2. The predicted octanol–water partition coefficient (Wildman–Crippen LogP) is 3.73. The highest BCUT2D eigenvalue weighted by molar-refractivity contribution is 5.81. The van der Waals surface area contributed by atoms with Gasteiger partial charge in [0.2, 0.25) is 5.91 Å². The highest BCUT2D eigenvalue weighted by Gasteiger charge is 2.14. The van der Waals surface area contributed by atoms with E-state index >= 15 is 0 Å². The third-order valence-corrected chi connectivity index (χ3v) is 4.72. The third kappa shape index (κ3) is 4.39. The highest BCUT2D eigenvalue weighted by atomic mass is 16.1. The van der Waals surface area contributed by atoms with Crippen LogP contribution in [0.1, 0.15) is 48.1 Å². The van der Waals surface area contributed by atoms with Crippen molar-refractivity contribution in [3.05, 3.63) is 64.7 Å². The van der Waals surface area contributed by atoms with E-state index in [2.05, 4.69) is 34.9 Å². The van der Waals surface area contributed by atoms with E-state index in [4.69, 9.17) is 5.26 Å². The Kier molecular flexibility index (Phi) is 5.35. The number of fused-ring (bicyclic) bond motifs is 1. The smallest absolute Gasteiger partial charge is 0.239 e. The molecule has 0 spiro atoms. The van der Waals surface area contributed by atoms with E-state index in [0.717, 1.165) is 17.7 Å². The number of carbonyl (C=O) groups excluding carboxylic acids is 1. The molecule has 0 aromatic heterocycles. The van der Waals surface area contributed by atoms with Crippen molar-refractivity contribution in [3.63, 3.8) is 0 Å². The Bertz CT molecular complexity index is 790. The van der Waals surface area contributed by atoms with Gasteiger partial charge in [0.15, 0.2) is 0 Å². The Morgan fingerprint density at radius 3 is 2.56 bits per heavy atom. The van der Waals surface area contributed by atoms with Crippen LogP contribution in [0.25, 0.3) is 0 Å². The molecular formula is C21H23N3O. The van der Waals surface area contributed by atoms with E-state index in [9.17, 15) is 4.79 Å². The summed E-state index contributed by atoms with van der Waals surface area (Å²) in [6.07, 6.45) is 4.85. The molecule has 1 amide bonds. The van der Waals surface area contributed by atoms with Crippen molar-refractivity contribution in [1.82, 2.24) is 5.32 Å². The number of amides is 1. The number of benzene rings is 2. The van der Waals surface area contributed by atoms with Crippen LogP contribution in [0, 0.1) is 11.3 Å². The fraction of sp³-hybridized carbons (Fsp3) is 0.333. The fourth-order valence-electron chi connectivity index (χ4n) is 3.24. The van der Waals surface area contributed by atoms with Crippen LogP contribution in [0.5, 0.6) is 0 Å². The normalized spacial score (nSPS) is 14.1. The lowest BCUT2D eigenvalue weighted by atomic mass is 9.89. The quantitative estimate of drug-likeness (QED) is 0.876. The lowest BCUT2D eigenvalue weighted by Crippen LogP contribution is -2.32. The number of nitrogens with zero attached hydrogens (tertiary/aromatic N) is 1. The molecule has 1 aliphatic rings. The van der Waals surface area contributed by atoms with E-state index in [1.165, 1.54) is 30.4 Å². The molecule has 0 saturated carbocycles. The first-order valence-corrected chi connectivity index (χ1v) is 8.81. The molecule has 4 heteroatoms. The Morgan fingerprint density at radius 2 is 1.84 bits per heavy atom. The molecule has 1 atom stereocenters. The summed E-state index contributed by atoms with van der Waals surface area (Å²) in [4.78, 5) is 12.2. The molecule has 1 unspecified atom stereocenters. The third-order valence-electron chi connectivity index (χ3n) is 4.72. The molecule has 0 heterocycles. The van der Waals surface area contributed by atoms with Gasteiger partial charge in [-0.3, -0.25) is 4.79 Å². The van der Waals surface area contributed by atoms with Crippen molar-refractivity contribution in [2.75, 3.05) is 11.9 Å². The van der Waals surface area contributed by atoms with Gasteiger partial charge in [-0.2, -0.15) is 5.26 Å². The number of hydrogen-bond donors (Lipinski definition) is 2. The zero-order valence-corrected chi connectivity index (χ0v) is 14.5. The number of nitriles is 1. The van der Waals surface area contributed by atoms with Gasteiger partial charge in [-0.15, -0.1) is 0 Å². The monoisotopic (exact) mass is 333 g/mol. The average Bonchev–Trinajstić information content (AvgIpc) is 2.66. The summed E-state index contributed by atoms with van der Waals surface area (Å²) in [6.45, 7) is 2.23. The summed E-state index contributed by atoms with van der Waals surface area (Å²) >= 11 is 0. The average molecular weight is 333 g/mol. The zero-order valence-electron chi connectivity index (χ0n) is 14.5. The molecule has 3 rings (SSSR count). The van der Waals surface area contributed by atoms with Gasteiger partial charge < -0.3 is 10.6 Å². The van der Waals surface area contributed by atoms with Crippen LogP contribution in [0.4, 0.5) is 5.69 Å². The van der Waals surface area contributed by atoms with Crippen molar-refractivity contribution < 1.29 is 4.79 Å². The summed E-state index contributed by atoms with van der Waals surface area (Å²) in [5.74, 6) is -0.0467. The first kappa shape index (κ1) is 17.0. The molecule has 128 valence electrons. The van der Waals surface area contributed by atoms with Crippen molar-refractivity contribution in [2.24, 2.45) is 0 Å². The summed E-state index contributed by atoms with van der Waals surface area (Å²) in [7, 11) is 0. The second-order valence-electron chi connectivity index (χ2n) is 6.57. The number of rotatable bonds is 5. The minimum atomic E-state index is -0.0467. The Labute approximate surface area is 148 Å². The van der Waals surface area contributed by atoms with E-state index in [1.807, 2.05) is 6.92 Å². The van der Waals surface area contributed by atoms with Crippen LogP contribution in [-0.4, -0.2) is 12.5 Å². The molecular weight excluding hydrogens is 310 g/mol. The van der Waals surface area contributed by atoms with Gasteiger partial charge in [0, 0.05) is 5.69 Å². The standard InChI is InChI=1S/C21H23N3O/c1-15(18-9-8-17-4-2-3-5-19(17)12-18)24-21(25)14-23-20-10-6-16(13-22)7-11-20/h6-12,15,23H,2-5,14H2,1H3,(H,24,25). The zero-order chi connectivity index (χ0) is 17.6. The maximum atomic E-state index is 12.2. The van der Waals surface area contributed by atoms with Gasteiger partial charge in [0.25, 0.3) is 0 Å². The fourth-order valence-corrected chi connectivity index (χ4v) is 3.24. The molecule has 0 aliphatic heterocycles. The first-order valence-electron chi connectivity index (χ1n) is 8.81. The van der Waals surface area contributed by atoms with E-state index < -0.39 is 0 Å². The summed E-state index contributed by atoms with van der Waals surface area (Å²) in [6, 6.07) is 15.7. The van der Waals surface area contributed by atoms with Crippen LogP contribution < -0.4 is 10.6 Å². The molecule has 1 aliphatic carbocycles. The molecule has 0 saturated heterocycles. The van der Waals surface area contributed by atoms with Gasteiger partial charge >= 0.3 is 0 Å². The lowest BCUT2D eigenvalue weighted by Gasteiger charge is -2.20. The highest BCUT2D eigenvalue weighted by Crippen LogP contribution is 2.24. The lowest BCUT2D eigenvalue weighted by molar-refractivity contribution is -0.120. The van der Waals surface area contributed by atoms with E-state index in [-0.39, 0.29) is 18.5 Å². The second-order valence-corrected chi connectivity index (χ2v) is 6.57. The predicted molar refractivity (Wildman–Crippen MR) is 99.3 cm³/mol. The molecule has 0 fully saturated rings. The maximum absolute atomic E-state index is 12.2. The van der Waals surface area contributed by atoms with E-state index in [1.54, 1.807) is 24.3 Å². The number of nitrogens with one attached hydrogen (secondary N) is 2. The van der Waals surface area contributed by atoms with Gasteiger partial charge in [0.05, 0.1) is 24.2 Å². The summed E-state index contributed by atoms with van der Waals surface area (Å²) < 4.78 is 0. The molecule has 0 radical (unpaired) electrons. The topological polar surface area (TPSA) is 64.9 Å². The molecule has 2 aromatic carbocycles. The van der Waals surface area contributed by atoms with Gasteiger partial charge in [0.1, 0.15) is 0 Å². The first-order chi connectivity index (χ1) is 12.2. The molecule has 2 N–H and O–H groups in total. The summed E-state index contributed by atoms with van der Waals surface area (Å²) in [5.41, 5.74) is 5.48. The van der Waals surface area contributed by atoms with Crippen molar-refractivity contribution >= 4 is 11.6 Å². The van der Waals surface area contributed by atoms with Gasteiger partial charge in [-0.05, 0) is 73.6 Å². The maximum Gasteiger partial charge on any atom is 0.239 e. The number of carbonyl (C=O) groups is 1. The Balaban J connectivity index is 1.54. The van der Waals surface area contributed by atoms with Crippen LogP contribution >= 0.6 is 0 Å². The largest absolute Gasteiger partial charge is 0.376 e. The molecule has 2 aromatic rings. The van der Waals surface area contributed by atoms with Crippen LogP contribution in [-0.2, 0) is 17.6 Å². The summed E-state index contributed by atoms with van der Waals surface area (Å²) in [5, 5.41) is 14.9. The van der Waals surface area contributed by atoms with Crippen LogP contribution in [0.2, 0.25) is 0 Å². The van der Waals surface area contributed by atoms with E-state index in [0.29, 0.717) is 5.56 Å². The minimum Gasteiger partial charge on any atom is -0.376 e. The number of anilines is 1. The van der Waals surface area contributed by atoms with Crippen LogP contribution in [0.3, 0.4) is 0 Å². The van der Waals surface area contributed by atoms with Crippen molar-refractivity contribution in [1.29, 1.82) is 5.26 Å². The van der Waals surface area contributed by atoms with Gasteiger partial charge in [-0.25, -0.2) is 0 Å². The second kappa shape index (κ2) is 7.85. The van der Waals surface area contributed by atoms with Crippen molar-refractivity contribution in [3.8, 4) is 6.07 Å².